The summed E-state index contributed by atoms with van der Waals surface area (Å²) in [5.74, 6) is 3.91. The number of nitrogens with zero attached hydrogens (tertiary/aromatic N) is 2. The lowest BCUT2D eigenvalue weighted by Gasteiger charge is -2.06. The summed E-state index contributed by atoms with van der Waals surface area (Å²) >= 11 is 0. The Kier molecular flexibility index (Phi) is 4.26. The topological polar surface area (TPSA) is 84.2 Å². The van der Waals surface area contributed by atoms with Crippen LogP contribution >= 0.6 is 0 Å². The van der Waals surface area contributed by atoms with Gasteiger partial charge in [0.05, 0.1) is 22.3 Å². The van der Waals surface area contributed by atoms with Crippen molar-refractivity contribution in [3.8, 4) is 11.8 Å². The fraction of sp³-hybridized carbons (Fsp3) is 0.154. The van der Waals surface area contributed by atoms with Crippen LogP contribution in [0.25, 0.3) is 0 Å². The third-order valence-corrected chi connectivity index (χ3v) is 3.89. The van der Waals surface area contributed by atoms with E-state index in [9.17, 15) is 12.8 Å². The van der Waals surface area contributed by atoms with Crippen molar-refractivity contribution >= 4 is 15.7 Å². The maximum Gasteiger partial charge on any atom is 0.262 e. The zero-order valence-corrected chi connectivity index (χ0v) is 11.9. The molecule has 0 saturated heterocycles. The molecule has 1 aromatic heterocycles. The Hall–Kier alpha value is -2.37. The predicted molar refractivity (Wildman–Crippen MR) is 74.4 cm³/mol. The molecule has 0 bridgehead atoms. The van der Waals surface area contributed by atoms with Crippen LogP contribution in [0.3, 0.4) is 0 Å². The molecule has 0 unspecified atom stereocenters. The van der Waals surface area contributed by atoms with E-state index in [0.717, 1.165) is 6.07 Å². The van der Waals surface area contributed by atoms with E-state index in [0.29, 0.717) is 0 Å². The van der Waals surface area contributed by atoms with Gasteiger partial charge >= 0.3 is 0 Å². The summed E-state index contributed by atoms with van der Waals surface area (Å²) in [6.45, 7) is -0.401. The molecule has 2 rings (SSSR count). The SMILES string of the molecule is Cn1cc(NS(=O)(=O)c2ccc(C#CCO)c(F)c2)cn1. The number of halogens is 1. The highest BCUT2D eigenvalue weighted by Crippen LogP contribution is 2.18. The van der Waals surface area contributed by atoms with E-state index in [4.69, 9.17) is 5.11 Å². The summed E-state index contributed by atoms with van der Waals surface area (Å²) in [5.41, 5.74) is 0.298. The molecular formula is C13H12FN3O3S. The number of hydrogen-bond donors (Lipinski definition) is 2. The van der Waals surface area contributed by atoms with E-state index in [1.165, 1.54) is 29.2 Å². The third kappa shape index (κ3) is 3.59. The number of aliphatic hydroxyl groups excluding tert-OH is 1. The van der Waals surface area contributed by atoms with Gasteiger partial charge in [-0.15, -0.1) is 0 Å². The number of aliphatic hydroxyl groups is 1. The molecule has 0 fully saturated rings. The van der Waals surface area contributed by atoms with E-state index >= 15 is 0 Å². The van der Waals surface area contributed by atoms with Crippen molar-refractivity contribution in [3.05, 3.63) is 42.0 Å². The van der Waals surface area contributed by atoms with Gasteiger partial charge in [0.1, 0.15) is 12.4 Å². The van der Waals surface area contributed by atoms with Crippen LogP contribution in [-0.2, 0) is 17.1 Å². The summed E-state index contributed by atoms with van der Waals surface area (Å²) in [6.07, 6.45) is 2.82. The highest BCUT2D eigenvalue weighted by molar-refractivity contribution is 7.92. The average molecular weight is 309 g/mol. The zero-order chi connectivity index (χ0) is 15.5. The second-order valence-corrected chi connectivity index (χ2v) is 5.79. The molecule has 2 aromatic rings. The molecule has 0 aliphatic carbocycles. The molecule has 0 spiro atoms. The molecule has 6 nitrogen and oxygen atoms in total. The first-order valence-corrected chi connectivity index (χ1v) is 7.31. The lowest BCUT2D eigenvalue weighted by molar-refractivity contribution is 0.350. The van der Waals surface area contributed by atoms with E-state index in [-0.39, 0.29) is 16.1 Å². The highest BCUT2D eigenvalue weighted by atomic mass is 32.2. The van der Waals surface area contributed by atoms with Crippen LogP contribution in [0.4, 0.5) is 10.1 Å². The molecule has 21 heavy (non-hydrogen) atoms. The lowest BCUT2D eigenvalue weighted by atomic mass is 10.2. The van der Waals surface area contributed by atoms with Gasteiger partial charge in [-0.1, -0.05) is 11.8 Å². The summed E-state index contributed by atoms with van der Waals surface area (Å²) in [6, 6.07) is 3.36. The average Bonchev–Trinajstić information content (AvgIpc) is 2.82. The molecular weight excluding hydrogens is 297 g/mol. The van der Waals surface area contributed by atoms with E-state index in [1.54, 1.807) is 7.05 Å². The first kappa shape index (κ1) is 15.0. The molecule has 1 aromatic carbocycles. The zero-order valence-electron chi connectivity index (χ0n) is 11.0. The van der Waals surface area contributed by atoms with Crippen LogP contribution in [-0.4, -0.2) is 29.9 Å². The molecule has 8 heteroatoms. The van der Waals surface area contributed by atoms with Crippen molar-refractivity contribution in [3.63, 3.8) is 0 Å². The third-order valence-electron chi connectivity index (χ3n) is 2.51. The minimum Gasteiger partial charge on any atom is -0.384 e. The van der Waals surface area contributed by atoms with Crippen molar-refractivity contribution in [2.45, 2.75) is 4.90 Å². The van der Waals surface area contributed by atoms with Gasteiger partial charge in [-0.25, -0.2) is 12.8 Å². The fourth-order valence-electron chi connectivity index (χ4n) is 1.59. The van der Waals surface area contributed by atoms with Gasteiger partial charge in [0.15, 0.2) is 0 Å². The molecule has 2 N–H and O–H groups in total. The summed E-state index contributed by atoms with van der Waals surface area (Å²) < 4.78 is 41.7. The Morgan fingerprint density at radius 1 is 1.48 bits per heavy atom. The van der Waals surface area contributed by atoms with E-state index < -0.39 is 22.4 Å². The summed E-state index contributed by atoms with van der Waals surface area (Å²) in [4.78, 5) is -0.224. The monoisotopic (exact) mass is 309 g/mol. The smallest absolute Gasteiger partial charge is 0.262 e. The van der Waals surface area contributed by atoms with Crippen LogP contribution < -0.4 is 4.72 Å². The Balaban J connectivity index is 2.30. The Morgan fingerprint density at radius 2 is 2.24 bits per heavy atom. The number of benzene rings is 1. The standard InChI is InChI=1S/C13H12FN3O3S/c1-17-9-11(8-15-17)16-21(19,20)12-5-4-10(3-2-6-18)13(14)7-12/h4-5,7-9,16,18H,6H2,1H3. The molecule has 0 saturated carbocycles. The van der Waals surface area contributed by atoms with Gasteiger partial charge in [-0.05, 0) is 18.2 Å². The molecule has 0 amide bonds. The van der Waals surface area contributed by atoms with Gasteiger partial charge in [0, 0.05) is 13.2 Å². The second kappa shape index (κ2) is 5.95. The predicted octanol–water partition coefficient (Wildman–Crippen LogP) is 0.704. The van der Waals surface area contributed by atoms with Crippen molar-refractivity contribution < 1.29 is 17.9 Å². The number of rotatable bonds is 3. The number of sulfonamides is 1. The normalized spacial score (nSPS) is 10.8. The van der Waals surface area contributed by atoms with Crippen LogP contribution in [0, 0.1) is 17.7 Å². The molecule has 1 heterocycles. The second-order valence-electron chi connectivity index (χ2n) is 4.11. The van der Waals surface area contributed by atoms with E-state index in [2.05, 4.69) is 21.7 Å². The number of nitrogens with one attached hydrogen (secondary N) is 1. The van der Waals surface area contributed by atoms with Gasteiger partial charge < -0.3 is 5.11 Å². The minimum atomic E-state index is -3.90. The van der Waals surface area contributed by atoms with Crippen LogP contribution in [0.2, 0.25) is 0 Å². The van der Waals surface area contributed by atoms with Crippen molar-refractivity contribution in [1.29, 1.82) is 0 Å². The van der Waals surface area contributed by atoms with Crippen LogP contribution in [0.1, 0.15) is 5.56 Å². The fourth-order valence-corrected chi connectivity index (χ4v) is 2.63. The summed E-state index contributed by atoms with van der Waals surface area (Å²) in [7, 11) is -2.26. The largest absolute Gasteiger partial charge is 0.384 e. The quantitative estimate of drug-likeness (QED) is 0.818. The molecule has 0 atom stereocenters. The summed E-state index contributed by atoms with van der Waals surface area (Å²) in [5, 5.41) is 12.4. The van der Waals surface area contributed by atoms with Crippen LogP contribution in [0.5, 0.6) is 0 Å². The first-order valence-electron chi connectivity index (χ1n) is 5.83. The van der Waals surface area contributed by atoms with Gasteiger partial charge in [0.2, 0.25) is 0 Å². The number of aromatic nitrogens is 2. The van der Waals surface area contributed by atoms with Gasteiger partial charge in [0.25, 0.3) is 10.0 Å². The Bertz CT molecular complexity index is 819. The van der Waals surface area contributed by atoms with Crippen LogP contribution in [0.15, 0.2) is 35.5 Å². The maximum atomic E-state index is 13.8. The lowest BCUT2D eigenvalue weighted by Crippen LogP contribution is -2.13. The molecule has 0 aliphatic rings. The van der Waals surface area contributed by atoms with E-state index in [1.807, 2.05) is 0 Å². The number of aryl methyl sites for hydroxylation is 1. The first-order chi connectivity index (χ1) is 9.92. The van der Waals surface area contributed by atoms with Crippen molar-refractivity contribution in [1.82, 2.24) is 9.78 Å². The Labute approximate surface area is 121 Å². The van der Waals surface area contributed by atoms with Gasteiger partial charge in [-0.2, -0.15) is 5.10 Å². The Morgan fingerprint density at radius 3 is 2.81 bits per heavy atom. The molecule has 0 radical (unpaired) electrons. The molecule has 0 aliphatic heterocycles. The van der Waals surface area contributed by atoms with Gasteiger partial charge in [-0.3, -0.25) is 9.40 Å². The van der Waals surface area contributed by atoms with Crippen molar-refractivity contribution in [2.75, 3.05) is 11.3 Å². The number of hydrogen-bond acceptors (Lipinski definition) is 4. The minimum absolute atomic E-state index is 0.0179. The maximum absolute atomic E-state index is 13.8. The highest BCUT2D eigenvalue weighted by Gasteiger charge is 2.16. The number of anilines is 1. The molecule has 110 valence electrons. The van der Waals surface area contributed by atoms with Crippen molar-refractivity contribution in [2.24, 2.45) is 7.05 Å².